The van der Waals surface area contributed by atoms with Crippen LogP contribution in [0.25, 0.3) is 0 Å². The van der Waals surface area contributed by atoms with E-state index in [-0.39, 0.29) is 12.4 Å². The van der Waals surface area contributed by atoms with Gasteiger partial charge in [-0.2, -0.15) is 4.98 Å². The minimum absolute atomic E-state index is 0.0604. The van der Waals surface area contributed by atoms with Crippen LogP contribution >= 0.6 is 0 Å². The Balaban J connectivity index is 2.34. The molecule has 0 aromatic carbocycles. The van der Waals surface area contributed by atoms with E-state index in [1.54, 1.807) is 0 Å². The number of alkyl halides is 1. The molecule has 6 nitrogen and oxygen atoms in total. The van der Waals surface area contributed by atoms with Crippen LogP contribution in [0.2, 0.25) is 0 Å². The van der Waals surface area contributed by atoms with Gasteiger partial charge in [0, 0.05) is 6.20 Å². The van der Waals surface area contributed by atoms with Gasteiger partial charge in [0.05, 0.1) is 6.61 Å². The summed E-state index contributed by atoms with van der Waals surface area (Å²) >= 11 is 0. The van der Waals surface area contributed by atoms with E-state index < -0.39 is 24.2 Å². The molecule has 1 saturated heterocycles. The zero-order valence-electron chi connectivity index (χ0n) is 7.71. The molecule has 1 aliphatic rings. The Kier molecular flexibility index (Phi) is 2.41. The lowest BCUT2D eigenvalue weighted by atomic mass is 10.2. The van der Waals surface area contributed by atoms with Gasteiger partial charge in [0.25, 0.3) is 0 Å². The van der Waals surface area contributed by atoms with Gasteiger partial charge in [-0.3, -0.25) is 4.57 Å². The molecule has 15 heavy (non-hydrogen) atoms. The summed E-state index contributed by atoms with van der Waals surface area (Å²) in [6, 6.07) is 1.36. The van der Waals surface area contributed by atoms with Gasteiger partial charge in [0.15, 0.2) is 12.4 Å². The van der Waals surface area contributed by atoms with Crippen molar-refractivity contribution in [3.8, 4) is 0 Å². The topological polar surface area (TPSA) is 90.4 Å². The van der Waals surface area contributed by atoms with E-state index >= 15 is 0 Å². The number of halogens is 1. The van der Waals surface area contributed by atoms with Crippen molar-refractivity contribution in [3.63, 3.8) is 0 Å². The van der Waals surface area contributed by atoms with Crippen molar-refractivity contribution < 1.29 is 14.2 Å². The van der Waals surface area contributed by atoms with Crippen LogP contribution in [0.15, 0.2) is 17.1 Å². The number of nitrogens with two attached hydrogens (primary N) is 1. The largest absolute Gasteiger partial charge is 0.387 e. The highest BCUT2D eigenvalue weighted by Crippen LogP contribution is 2.25. The minimum Gasteiger partial charge on any atom is -0.387 e. The molecule has 0 bridgehead atoms. The van der Waals surface area contributed by atoms with Gasteiger partial charge in [-0.1, -0.05) is 0 Å². The lowest BCUT2D eigenvalue weighted by Gasteiger charge is -2.15. The van der Waals surface area contributed by atoms with Crippen LogP contribution in [0, 0.1) is 0 Å². The van der Waals surface area contributed by atoms with Crippen molar-refractivity contribution in [2.24, 2.45) is 0 Å². The number of aromatic nitrogens is 2. The van der Waals surface area contributed by atoms with Gasteiger partial charge in [-0.15, -0.1) is 0 Å². The summed E-state index contributed by atoms with van der Waals surface area (Å²) < 4.78 is 19.3. The number of nitrogens with zero attached hydrogens (tertiary/aromatic N) is 2. The monoisotopic (exact) mass is 215 g/mol. The lowest BCUT2D eigenvalue weighted by molar-refractivity contribution is 0.0174. The zero-order chi connectivity index (χ0) is 11.0. The van der Waals surface area contributed by atoms with E-state index in [0.717, 1.165) is 4.57 Å². The average molecular weight is 215 g/mol. The maximum absolute atomic E-state index is 13.4. The third kappa shape index (κ3) is 1.71. The molecule has 82 valence electrons. The fourth-order valence-electron chi connectivity index (χ4n) is 1.42. The van der Waals surface area contributed by atoms with Gasteiger partial charge in [-0.05, 0) is 6.07 Å². The van der Waals surface area contributed by atoms with Crippen molar-refractivity contribution in [1.29, 1.82) is 0 Å². The first kappa shape index (κ1) is 10.1. The van der Waals surface area contributed by atoms with Crippen molar-refractivity contribution >= 4 is 5.82 Å². The van der Waals surface area contributed by atoms with E-state index in [1.807, 2.05) is 0 Å². The number of hydrogen-bond donors (Lipinski definition) is 2. The molecule has 1 aromatic heterocycles. The number of aliphatic hydroxyl groups excluding tert-OH is 1. The molecule has 0 amide bonds. The first-order valence-electron chi connectivity index (χ1n) is 4.38. The quantitative estimate of drug-likeness (QED) is 0.630. The summed E-state index contributed by atoms with van der Waals surface area (Å²) in [5.41, 5.74) is 4.58. The highest BCUT2D eigenvalue weighted by molar-refractivity contribution is 5.23. The van der Waals surface area contributed by atoms with Gasteiger partial charge in [0.1, 0.15) is 11.9 Å². The first-order valence-corrected chi connectivity index (χ1v) is 4.38. The second kappa shape index (κ2) is 3.59. The highest BCUT2D eigenvalue weighted by atomic mass is 19.1. The zero-order valence-corrected chi connectivity index (χ0v) is 7.71. The van der Waals surface area contributed by atoms with Crippen molar-refractivity contribution in [2.75, 3.05) is 12.3 Å². The van der Waals surface area contributed by atoms with Gasteiger partial charge in [0.2, 0.25) is 0 Å². The second-order valence-corrected chi connectivity index (χ2v) is 3.28. The van der Waals surface area contributed by atoms with Crippen LogP contribution in [0.5, 0.6) is 0 Å². The predicted octanol–water partition coefficient (Wildman–Crippen LogP) is -0.947. The standard InChI is InChI=1S/C8H10FN3O3/c9-6-4(13)3-15-7(6)12-2-1-5(10)11-8(12)14/h1-2,4,6-7,13H,3H2,(H2,10,11,14)/t4-,6-,7-/m1/s1. The molecule has 3 N–H and O–H groups in total. The summed E-state index contributed by atoms with van der Waals surface area (Å²) in [5, 5.41) is 9.11. The highest BCUT2D eigenvalue weighted by Gasteiger charge is 2.38. The summed E-state index contributed by atoms with van der Waals surface area (Å²) in [6.07, 6.45) is -2.67. The smallest absolute Gasteiger partial charge is 0.351 e. The Morgan fingerprint density at radius 2 is 2.47 bits per heavy atom. The minimum atomic E-state index is -1.63. The number of hydrogen-bond acceptors (Lipinski definition) is 5. The molecule has 0 unspecified atom stereocenters. The van der Waals surface area contributed by atoms with Crippen molar-refractivity contribution in [1.82, 2.24) is 9.55 Å². The van der Waals surface area contributed by atoms with Crippen LogP contribution in [0.1, 0.15) is 6.23 Å². The predicted molar refractivity (Wildman–Crippen MR) is 48.8 cm³/mol. The molecular formula is C8H10FN3O3. The Bertz CT molecular complexity index is 422. The molecule has 3 atom stereocenters. The van der Waals surface area contributed by atoms with Crippen LogP contribution in [0.3, 0.4) is 0 Å². The lowest BCUT2D eigenvalue weighted by Crippen LogP contribution is -2.32. The van der Waals surface area contributed by atoms with Crippen LogP contribution in [-0.4, -0.2) is 33.5 Å². The van der Waals surface area contributed by atoms with E-state index in [4.69, 9.17) is 15.6 Å². The normalized spacial score (nSPS) is 30.7. The van der Waals surface area contributed by atoms with E-state index in [1.165, 1.54) is 12.3 Å². The molecule has 1 fully saturated rings. The average Bonchev–Trinajstić information content (AvgIpc) is 2.49. The van der Waals surface area contributed by atoms with Gasteiger partial charge < -0.3 is 15.6 Å². The molecule has 0 aliphatic carbocycles. The van der Waals surface area contributed by atoms with Crippen LogP contribution in [0.4, 0.5) is 10.2 Å². The molecule has 2 heterocycles. The van der Waals surface area contributed by atoms with Gasteiger partial charge in [-0.25, -0.2) is 9.18 Å². The summed E-state index contributed by atoms with van der Waals surface area (Å²) in [4.78, 5) is 14.8. The maximum Gasteiger partial charge on any atom is 0.351 e. The second-order valence-electron chi connectivity index (χ2n) is 3.28. The first-order chi connectivity index (χ1) is 7.09. The SMILES string of the molecule is Nc1ccn([C@@H]2OC[C@@H](O)[C@H]2F)c(=O)n1. The summed E-state index contributed by atoms with van der Waals surface area (Å²) in [6.45, 7) is -0.136. The molecule has 0 spiro atoms. The fraction of sp³-hybridized carbons (Fsp3) is 0.500. The molecule has 2 rings (SSSR count). The Morgan fingerprint density at radius 3 is 3.00 bits per heavy atom. The maximum atomic E-state index is 13.4. The molecule has 1 aliphatic heterocycles. The molecule has 0 radical (unpaired) electrons. The number of nitrogen functional groups attached to an aromatic ring is 1. The van der Waals surface area contributed by atoms with Crippen LogP contribution in [-0.2, 0) is 4.74 Å². The van der Waals surface area contributed by atoms with E-state index in [0.29, 0.717) is 0 Å². The number of ether oxygens (including phenoxy) is 1. The number of anilines is 1. The summed E-state index contributed by atoms with van der Waals surface area (Å²) in [7, 11) is 0. The van der Waals surface area contributed by atoms with Crippen molar-refractivity contribution in [3.05, 3.63) is 22.7 Å². The third-order valence-corrected chi connectivity index (χ3v) is 2.20. The van der Waals surface area contributed by atoms with E-state index in [9.17, 15) is 9.18 Å². The number of rotatable bonds is 1. The summed E-state index contributed by atoms with van der Waals surface area (Å²) in [5.74, 6) is 0.0604. The Labute approximate surface area is 84.1 Å². The van der Waals surface area contributed by atoms with Crippen LogP contribution < -0.4 is 11.4 Å². The molecule has 7 heteroatoms. The van der Waals surface area contributed by atoms with E-state index in [2.05, 4.69) is 4.98 Å². The number of aliphatic hydroxyl groups is 1. The Hall–Kier alpha value is -1.47. The third-order valence-electron chi connectivity index (χ3n) is 2.20. The Morgan fingerprint density at radius 1 is 1.73 bits per heavy atom. The molecule has 1 aromatic rings. The van der Waals surface area contributed by atoms with Gasteiger partial charge >= 0.3 is 5.69 Å². The van der Waals surface area contributed by atoms with Crippen molar-refractivity contribution in [2.45, 2.75) is 18.5 Å². The fourth-order valence-corrected chi connectivity index (χ4v) is 1.42. The molecule has 0 saturated carbocycles. The molecular weight excluding hydrogens is 205 g/mol.